The summed E-state index contributed by atoms with van der Waals surface area (Å²) in [5, 5.41) is 0. The fourth-order valence-electron chi connectivity index (χ4n) is 3.31. The lowest BCUT2D eigenvalue weighted by atomic mass is 9.81. The summed E-state index contributed by atoms with van der Waals surface area (Å²) in [7, 11) is 0. The van der Waals surface area contributed by atoms with E-state index in [4.69, 9.17) is 9.47 Å². The van der Waals surface area contributed by atoms with Crippen molar-refractivity contribution in [2.24, 2.45) is 5.92 Å². The van der Waals surface area contributed by atoms with Crippen LogP contribution in [0.15, 0.2) is 11.1 Å². The Hall–Kier alpha value is -1.32. The molecule has 1 saturated carbocycles. The molecular weight excluding hydrogens is 316 g/mol. The Morgan fingerprint density at radius 1 is 0.800 bits per heavy atom. The van der Waals surface area contributed by atoms with Crippen LogP contribution in [0.3, 0.4) is 0 Å². The number of esters is 2. The first kappa shape index (κ1) is 21.7. The second-order valence-electron chi connectivity index (χ2n) is 6.96. The van der Waals surface area contributed by atoms with Gasteiger partial charge in [0.25, 0.3) is 0 Å². The molecule has 144 valence electrons. The maximum atomic E-state index is 12.8. The number of carbonyl (C=O) groups is 2. The first-order valence-corrected chi connectivity index (χ1v) is 10.2. The average molecular weight is 353 g/mol. The van der Waals surface area contributed by atoms with Crippen LogP contribution in [0.4, 0.5) is 0 Å². The molecule has 1 rings (SSSR count). The lowest BCUT2D eigenvalue weighted by Crippen LogP contribution is -2.24. The number of rotatable bonds is 11. The van der Waals surface area contributed by atoms with E-state index in [1.54, 1.807) is 0 Å². The molecule has 4 nitrogen and oxygen atoms in total. The van der Waals surface area contributed by atoms with E-state index in [9.17, 15) is 9.59 Å². The SMILES string of the molecule is CCCCOC(=O)C(CCC)=C(C(=O)OCCCC)C1CCCCC1. The highest BCUT2D eigenvalue weighted by atomic mass is 16.5. The third-order valence-electron chi connectivity index (χ3n) is 4.77. The molecular formula is C21H36O4. The fourth-order valence-corrected chi connectivity index (χ4v) is 3.31. The molecule has 0 heterocycles. The zero-order chi connectivity index (χ0) is 18.5. The smallest absolute Gasteiger partial charge is 0.334 e. The molecule has 0 aromatic carbocycles. The van der Waals surface area contributed by atoms with Gasteiger partial charge in [-0.05, 0) is 38.0 Å². The second-order valence-corrected chi connectivity index (χ2v) is 6.96. The van der Waals surface area contributed by atoms with Crippen LogP contribution < -0.4 is 0 Å². The summed E-state index contributed by atoms with van der Waals surface area (Å²) in [5.41, 5.74) is 1.17. The second kappa shape index (κ2) is 13.0. The third kappa shape index (κ3) is 7.62. The first-order valence-electron chi connectivity index (χ1n) is 10.2. The van der Waals surface area contributed by atoms with Crippen molar-refractivity contribution >= 4 is 11.9 Å². The number of hydrogen-bond acceptors (Lipinski definition) is 4. The Labute approximate surface area is 153 Å². The van der Waals surface area contributed by atoms with Gasteiger partial charge >= 0.3 is 11.9 Å². The van der Waals surface area contributed by atoms with E-state index in [0.29, 0.717) is 30.8 Å². The topological polar surface area (TPSA) is 52.6 Å². The Morgan fingerprint density at radius 2 is 1.36 bits per heavy atom. The van der Waals surface area contributed by atoms with E-state index in [-0.39, 0.29) is 17.9 Å². The van der Waals surface area contributed by atoms with E-state index in [2.05, 4.69) is 13.8 Å². The lowest BCUT2D eigenvalue weighted by Gasteiger charge is -2.25. The van der Waals surface area contributed by atoms with Crippen molar-refractivity contribution in [3.63, 3.8) is 0 Å². The van der Waals surface area contributed by atoms with Crippen molar-refractivity contribution in [2.45, 2.75) is 91.4 Å². The van der Waals surface area contributed by atoms with Crippen LogP contribution in [-0.4, -0.2) is 25.2 Å². The molecule has 0 saturated heterocycles. The van der Waals surface area contributed by atoms with Gasteiger partial charge < -0.3 is 9.47 Å². The van der Waals surface area contributed by atoms with Gasteiger partial charge in [0.15, 0.2) is 0 Å². The predicted molar refractivity (Wildman–Crippen MR) is 100 cm³/mol. The maximum absolute atomic E-state index is 12.8. The number of hydrogen-bond donors (Lipinski definition) is 0. The van der Waals surface area contributed by atoms with Gasteiger partial charge in [0.05, 0.1) is 18.8 Å². The van der Waals surface area contributed by atoms with Crippen molar-refractivity contribution in [2.75, 3.05) is 13.2 Å². The zero-order valence-electron chi connectivity index (χ0n) is 16.4. The van der Waals surface area contributed by atoms with Gasteiger partial charge in [-0.3, -0.25) is 0 Å². The first-order chi connectivity index (χ1) is 12.2. The van der Waals surface area contributed by atoms with Gasteiger partial charge in [0.1, 0.15) is 0 Å². The van der Waals surface area contributed by atoms with E-state index in [1.807, 2.05) is 6.92 Å². The molecule has 1 aliphatic carbocycles. The summed E-state index contributed by atoms with van der Waals surface area (Å²) in [5.74, 6) is -0.470. The van der Waals surface area contributed by atoms with E-state index in [0.717, 1.165) is 57.8 Å². The highest BCUT2D eigenvalue weighted by molar-refractivity contribution is 6.00. The molecule has 4 heteroatoms. The van der Waals surface area contributed by atoms with Crippen molar-refractivity contribution in [1.82, 2.24) is 0 Å². The summed E-state index contributed by atoms with van der Waals surface area (Å²) in [6.07, 6.45) is 10.4. The number of unbranched alkanes of at least 4 members (excludes halogenated alkanes) is 2. The van der Waals surface area contributed by atoms with Crippen LogP contribution >= 0.6 is 0 Å². The minimum absolute atomic E-state index is 0.142. The highest BCUT2D eigenvalue weighted by Gasteiger charge is 2.30. The minimum Gasteiger partial charge on any atom is -0.462 e. The molecule has 0 aromatic heterocycles. The molecule has 0 unspecified atom stereocenters. The van der Waals surface area contributed by atoms with Gasteiger partial charge in [0, 0.05) is 5.57 Å². The van der Waals surface area contributed by atoms with Crippen molar-refractivity contribution < 1.29 is 19.1 Å². The Kier molecular flexibility index (Phi) is 11.3. The van der Waals surface area contributed by atoms with E-state index in [1.165, 1.54) is 6.42 Å². The molecule has 0 N–H and O–H groups in total. The van der Waals surface area contributed by atoms with E-state index < -0.39 is 0 Å². The summed E-state index contributed by atoms with van der Waals surface area (Å²) in [4.78, 5) is 25.4. The van der Waals surface area contributed by atoms with Gasteiger partial charge in [-0.1, -0.05) is 59.3 Å². The maximum Gasteiger partial charge on any atom is 0.334 e. The molecule has 0 aromatic rings. The summed E-state index contributed by atoms with van der Waals surface area (Å²) >= 11 is 0. The Bertz CT molecular complexity index is 433. The Morgan fingerprint density at radius 3 is 1.88 bits per heavy atom. The van der Waals surface area contributed by atoms with Crippen molar-refractivity contribution in [3.05, 3.63) is 11.1 Å². The average Bonchev–Trinajstić information content (AvgIpc) is 2.62. The number of carbonyl (C=O) groups excluding carboxylic acids is 2. The third-order valence-corrected chi connectivity index (χ3v) is 4.77. The molecule has 0 amide bonds. The molecule has 0 atom stereocenters. The van der Waals surface area contributed by atoms with Crippen LogP contribution in [0.5, 0.6) is 0 Å². The molecule has 1 aliphatic rings. The monoisotopic (exact) mass is 352 g/mol. The van der Waals surface area contributed by atoms with E-state index >= 15 is 0 Å². The predicted octanol–water partition coefficient (Wildman–Crippen LogP) is 5.35. The Balaban J connectivity index is 3.03. The molecule has 0 spiro atoms. The summed E-state index contributed by atoms with van der Waals surface area (Å²) in [6.45, 7) is 7.01. The van der Waals surface area contributed by atoms with Gasteiger partial charge in [-0.2, -0.15) is 0 Å². The normalized spacial score (nSPS) is 16.3. The molecule has 0 aliphatic heterocycles. The van der Waals surface area contributed by atoms with Crippen LogP contribution in [0, 0.1) is 5.92 Å². The summed E-state index contributed by atoms with van der Waals surface area (Å²) < 4.78 is 10.9. The molecule has 0 radical (unpaired) electrons. The minimum atomic E-state index is -0.316. The molecule has 0 bridgehead atoms. The quantitative estimate of drug-likeness (QED) is 0.286. The van der Waals surface area contributed by atoms with Crippen molar-refractivity contribution in [1.29, 1.82) is 0 Å². The van der Waals surface area contributed by atoms with Crippen LogP contribution in [0.1, 0.15) is 91.4 Å². The van der Waals surface area contributed by atoms with Gasteiger partial charge in [-0.15, -0.1) is 0 Å². The van der Waals surface area contributed by atoms with Crippen LogP contribution in [-0.2, 0) is 19.1 Å². The number of ether oxygens (including phenoxy) is 2. The van der Waals surface area contributed by atoms with Crippen LogP contribution in [0.2, 0.25) is 0 Å². The van der Waals surface area contributed by atoms with Crippen molar-refractivity contribution in [3.8, 4) is 0 Å². The zero-order valence-corrected chi connectivity index (χ0v) is 16.4. The van der Waals surface area contributed by atoms with Gasteiger partial charge in [0.2, 0.25) is 0 Å². The fraction of sp³-hybridized carbons (Fsp3) is 0.810. The lowest BCUT2D eigenvalue weighted by molar-refractivity contribution is -0.143. The molecule has 25 heavy (non-hydrogen) atoms. The van der Waals surface area contributed by atoms with Gasteiger partial charge in [-0.25, -0.2) is 9.59 Å². The standard InChI is InChI=1S/C21H36O4/c1-4-7-15-24-20(22)18(12-6-3)19(17-13-10-9-11-14-17)21(23)25-16-8-5-2/h17H,4-16H2,1-3H3. The van der Waals surface area contributed by atoms with Crippen LogP contribution in [0.25, 0.3) is 0 Å². The largest absolute Gasteiger partial charge is 0.462 e. The highest BCUT2D eigenvalue weighted by Crippen LogP contribution is 2.33. The molecule has 1 fully saturated rings. The summed E-state index contributed by atoms with van der Waals surface area (Å²) in [6, 6.07) is 0.